The first-order chi connectivity index (χ1) is 12.3. The van der Waals surface area contributed by atoms with Crippen LogP contribution in [0.2, 0.25) is 0 Å². The Kier molecular flexibility index (Phi) is 12.8. The van der Waals surface area contributed by atoms with E-state index >= 15 is 0 Å². The van der Waals surface area contributed by atoms with Gasteiger partial charge >= 0.3 is 0 Å². The average Bonchev–Trinajstić information content (AvgIpc) is 2.60. The van der Waals surface area contributed by atoms with Gasteiger partial charge < -0.3 is 15.4 Å². The van der Waals surface area contributed by atoms with Crippen molar-refractivity contribution in [1.82, 2.24) is 15.4 Å². The van der Waals surface area contributed by atoms with Crippen molar-refractivity contribution in [2.24, 2.45) is 10.9 Å². The number of nitrogens with one attached hydrogen (secondary N) is 3. The van der Waals surface area contributed by atoms with E-state index in [1.165, 1.54) is 7.11 Å². The maximum atomic E-state index is 12.1. The zero-order valence-corrected chi connectivity index (χ0v) is 19.9. The Morgan fingerprint density at radius 2 is 1.81 bits per heavy atom. The number of benzene rings is 1. The summed E-state index contributed by atoms with van der Waals surface area (Å²) in [5.41, 5.74) is 0.940. The van der Waals surface area contributed by atoms with Gasteiger partial charge in [0, 0.05) is 26.2 Å². The minimum Gasteiger partial charge on any atom is -0.383 e. The Morgan fingerprint density at radius 1 is 1.19 bits per heavy atom. The lowest BCUT2D eigenvalue weighted by Gasteiger charge is -2.20. The largest absolute Gasteiger partial charge is 0.383 e. The Labute approximate surface area is 180 Å². The topological polar surface area (TPSA) is 91.8 Å². The summed E-state index contributed by atoms with van der Waals surface area (Å²) in [7, 11) is -1.98. The number of methoxy groups -OCH3 is 1. The molecular formula is C18H33IN4O3S. The third-order valence-electron chi connectivity index (χ3n) is 3.96. The molecule has 27 heavy (non-hydrogen) atoms. The number of sulfonamides is 1. The average molecular weight is 512 g/mol. The van der Waals surface area contributed by atoms with Crippen molar-refractivity contribution in [1.29, 1.82) is 0 Å². The fourth-order valence-corrected chi connectivity index (χ4v) is 3.02. The van der Waals surface area contributed by atoms with Gasteiger partial charge in [-0.3, -0.25) is 0 Å². The molecule has 0 aliphatic carbocycles. The van der Waals surface area contributed by atoms with E-state index in [0.29, 0.717) is 25.1 Å². The van der Waals surface area contributed by atoms with Crippen molar-refractivity contribution >= 4 is 40.0 Å². The van der Waals surface area contributed by atoms with E-state index in [1.54, 1.807) is 24.3 Å². The van der Waals surface area contributed by atoms with E-state index in [-0.39, 0.29) is 35.4 Å². The SMILES string of the molecule is CCNC(=NCc1ccc(S(=O)(=O)NCCOC)cc1)NC(C)C(C)C.I. The van der Waals surface area contributed by atoms with Gasteiger partial charge in [0.15, 0.2) is 5.96 Å². The first kappa shape index (κ1) is 26.1. The van der Waals surface area contributed by atoms with Gasteiger partial charge in [0.2, 0.25) is 10.0 Å². The molecule has 1 aromatic rings. The van der Waals surface area contributed by atoms with Crippen LogP contribution in [-0.4, -0.2) is 47.2 Å². The fraction of sp³-hybridized carbons (Fsp3) is 0.611. The second-order valence-electron chi connectivity index (χ2n) is 6.41. The third kappa shape index (κ3) is 9.72. The molecule has 0 heterocycles. The zero-order valence-electron chi connectivity index (χ0n) is 16.8. The van der Waals surface area contributed by atoms with E-state index in [4.69, 9.17) is 4.74 Å². The van der Waals surface area contributed by atoms with Crippen molar-refractivity contribution < 1.29 is 13.2 Å². The summed E-state index contributed by atoms with van der Waals surface area (Å²) in [4.78, 5) is 4.81. The molecular weight excluding hydrogens is 479 g/mol. The van der Waals surface area contributed by atoms with Gasteiger partial charge in [0.05, 0.1) is 18.0 Å². The van der Waals surface area contributed by atoms with Crippen molar-refractivity contribution in [3.05, 3.63) is 29.8 Å². The van der Waals surface area contributed by atoms with Crippen LogP contribution >= 0.6 is 24.0 Å². The van der Waals surface area contributed by atoms with Crippen molar-refractivity contribution in [3.63, 3.8) is 0 Å². The van der Waals surface area contributed by atoms with E-state index < -0.39 is 10.0 Å². The highest BCUT2D eigenvalue weighted by Gasteiger charge is 2.13. The predicted octanol–water partition coefficient (Wildman–Crippen LogP) is 2.33. The summed E-state index contributed by atoms with van der Waals surface area (Å²) in [5, 5.41) is 6.60. The van der Waals surface area contributed by atoms with Crippen LogP contribution in [0.5, 0.6) is 0 Å². The first-order valence-electron chi connectivity index (χ1n) is 8.92. The first-order valence-corrected chi connectivity index (χ1v) is 10.4. The van der Waals surface area contributed by atoms with Gasteiger partial charge in [0.25, 0.3) is 0 Å². The minimum atomic E-state index is -3.51. The van der Waals surface area contributed by atoms with Gasteiger partial charge in [-0.2, -0.15) is 0 Å². The van der Waals surface area contributed by atoms with E-state index in [0.717, 1.165) is 18.1 Å². The highest BCUT2D eigenvalue weighted by Crippen LogP contribution is 2.11. The zero-order chi connectivity index (χ0) is 19.6. The molecule has 0 aliphatic heterocycles. The maximum absolute atomic E-state index is 12.1. The molecule has 1 unspecified atom stereocenters. The lowest BCUT2D eigenvalue weighted by atomic mass is 10.1. The normalized spacial score (nSPS) is 13.2. The van der Waals surface area contributed by atoms with Crippen LogP contribution in [0.3, 0.4) is 0 Å². The molecule has 0 aromatic heterocycles. The smallest absolute Gasteiger partial charge is 0.240 e. The molecule has 0 saturated heterocycles. The molecule has 7 nitrogen and oxygen atoms in total. The molecule has 0 fully saturated rings. The number of rotatable bonds is 10. The van der Waals surface area contributed by atoms with Crippen LogP contribution in [0.4, 0.5) is 0 Å². The molecule has 3 N–H and O–H groups in total. The van der Waals surface area contributed by atoms with Crippen LogP contribution in [-0.2, 0) is 21.3 Å². The Hall–Kier alpha value is -0.910. The summed E-state index contributed by atoms with van der Waals surface area (Å²) in [6.45, 7) is 10.3. The third-order valence-corrected chi connectivity index (χ3v) is 5.44. The summed E-state index contributed by atoms with van der Waals surface area (Å²) in [5.74, 6) is 1.25. The predicted molar refractivity (Wildman–Crippen MR) is 121 cm³/mol. The second-order valence-corrected chi connectivity index (χ2v) is 8.17. The molecule has 156 valence electrons. The number of ether oxygens (including phenoxy) is 1. The highest BCUT2D eigenvalue weighted by molar-refractivity contribution is 14.0. The van der Waals surface area contributed by atoms with Gasteiger partial charge in [-0.05, 0) is 37.5 Å². The Bertz CT molecular complexity index is 664. The maximum Gasteiger partial charge on any atom is 0.240 e. The van der Waals surface area contributed by atoms with Crippen LogP contribution < -0.4 is 15.4 Å². The van der Waals surface area contributed by atoms with Gasteiger partial charge in [-0.25, -0.2) is 18.1 Å². The lowest BCUT2D eigenvalue weighted by Crippen LogP contribution is -2.44. The molecule has 1 rings (SSSR count). The number of nitrogens with zero attached hydrogens (tertiary/aromatic N) is 1. The molecule has 0 aliphatic rings. The molecule has 0 amide bonds. The standard InChI is InChI=1S/C18H32N4O3S.HI/c1-6-19-18(22-15(4)14(2)3)20-13-16-7-9-17(10-8-16)26(23,24)21-11-12-25-5;/h7-10,14-15,21H,6,11-13H2,1-5H3,(H2,19,20,22);1H. The molecule has 0 bridgehead atoms. The second kappa shape index (κ2) is 13.3. The lowest BCUT2D eigenvalue weighted by molar-refractivity contribution is 0.204. The number of halogens is 1. The number of aliphatic imine (C=N–C) groups is 1. The Morgan fingerprint density at radius 3 is 2.33 bits per heavy atom. The summed E-state index contributed by atoms with van der Waals surface area (Å²) in [6.07, 6.45) is 0. The monoisotopic (exact) mass is 512 g/mol. The molecule has 1 atom stereocenters. The Balaban J connectivity index is 0.00000676. The molecule has 0 radical (unpaired) electrons. The van der Waals surface area contributed by atoms with E-state index in [1.807, 2.05) is 6.92 Å². The van der Waals surface area contributed by atoms with Crippen LogP contribution in [0.15, 0.2) is 34.2 Å². The van der Waals surface area contributed by atoms with E-state index in [2.05, 4.69) is 41.1 Å². The number of guanidine groups is 1. The summed E-state index contributed by atoms with van der Waals surface area (Å²) < 4.78 is 31.6. The van der Waals surface area contributed by atoms with Crippen molar-refractivity contribution in [2.75, 3.05) is 26.8 Å². The van der Waals surface area contributed by atoms with Crippen LogP contribution in [0.1, 0.15) is 33.3 Å². The van der Waals surface area contributed by atoms with Crippen molar-refractivity contribution in [2.45, 2.75) is 45.2 Å². The van der Waals surface area contributed by atoms with E-state index in [9.17, 15) is 8.42 Å². The fourth-order valence-electron chi connectivity index (χ4n) is 2.01. The molecule has 1 aromatic carbocycles. The van der Waals surface area contributed by atoms with Gasteiger partial charge in [-0.1, -0.05) is 26.0 Å². The summed E-state index contributed by atoms with van der Waals surface area (Å²) >= 11 is 0. The summed E-state index contributed by atoms with van der Waals surface area (Å²) in [6, 6.07) is 7.06. The molecule has 0 saturated carbocycles. The number of hydrogen-bond donors (Lipinski definition) is 3. The quantitative estimate of drug-likeness (QED) is 0.194. The van der Waals surface area contributed by atoms with Crippen LogP contribution in [0.25, 0.3) is 0 Å². The minimum absolute atomic E-state index is 0. The molecule has 0 spiro atoms. The number of hydrogen-bond acceptors (Lipinski definition) is 4. The van der Waals surface area contributed by atoms with Crippen LogP contribution in [0, 0.1) is 5.92 Å². The molecule has 9 heteroatoms. The highest BCUT2D eigenvalue weighted by atomic mass is 127. The van der Waals surface area contributed by atoms with Crippen molar-refractivity contribution in [3.8, 4) is 0 Å². The van der Waals surface area contributed by atoms with Gasteiger partial charge in [-0.15, -0.1) is 24.0 Å². The van der Waals surface area contributed by atoms with Gasteiger partial charge in [0.1, 0.15) is 0 Å².